The second-order valence-corrected chi connectivity index (χ2v) is 8.21. The number of anilines is 2. The quantitative estimate of drug-likeness (QED) is 0.707. The number of rotatable bonds is 5. The van der Waals surface area contributed by atoms with Crippen LogP contribution < -0.4 is 15.0 Å². The first-order valence-corrected chi connectivity index (χ1v) is 9.95. The third-order valence-corrected chi connectivity index (χ3v) is 6.03. The lowest BCUT2D eigenvalue weighted by Gasteiger charge is -2.37. The first kappa shape index (κ1) is 17.8. The number of amides is 1. The molecule has 0 unspecified atom stereocenters. The second kappa shape index (κ2) is 7.19. The molecule has 2 aromatic carbocycles. The Hall–Kier alpha value is -2.60. The molecule has 0 atom stereocenters. The molecule has 1 aromatic heterocycles. The minimum absolute atomic E-state index is 0.00340. The van der Waals surface area contributed by atoms with E-state index in [0.29, 0.717) is 19.0 Å². The van der Waals surface area contributed by atoms with E-state index in [2.05, 4.69) is 41.2 Å². The highest BCUT2D eigenvalue weighted by Crippen LogP contribution is 2.34. The lowest BCUT2D eigenvalue weighted by atomic mass is 9.99. The fourth-order valence-electron chi connectivity index (χ4n) is 3.15. The van der Waals surface area contributed by atoms with Crippen LogP contribution in [0.25, 0.3) is 10.2 Å². The topological polar surface area (TPSA) is 54.5 Å². The van der Waals surface area contributed by atoms with Crippen LogP contribution in [0, 0.1) is 5.92 Å². The van der Waals surface area contributed by atoms with Gasteiger partial charge in [0.1, 0.15) is 5.75 Å². The van der Waals surface area contributed by atoms with E-state index in [0.717, 1.165) is 26.8 Å². The fourth-order valence-corrected chi connectivity index (χ4v) is 4.16. The minimum atomic E-state index is -0.00340. The molecule has 2 heterocycles. The molecule has 4 rings (SSSR count). The number of nitrogens with one attached hydrogen (secondary N) is 1. The smallest absolute Gasteiger partial charge is 0.231 e. The van der Waals surface area contributed by atoms with Gasteiger partial charge in [-0.1, -0.05) is 37.3 Å². The van der Waals surface area contributed by atoms with Gasteiger partial charge in [-0.2, -0.15) is 0 Å². The second-order valence-electron chi connectivity index (χ2n) is 7.20. The van der Waals surface area contributed by atoms with Crippen LogP contribution >= 0.6 is 11.3 Å². The van der Waals surface area contributed by atoms with Crippen molar-refractivity contribution in [2.45, 2.75) is 19.8 Å². The molecule has 5 nitrogen and oxygen atoms in total. The zero-order chi connectivity index (χ0) is 19.0. The summed E-state index contributed by atoms with van der Waals surface area (Å²) < 4.78 is 6.37. The predicted molar refractivity (Wildman–Crippen MR) is 111 cm³/mol. The number of ether oxygens (including phenoxy) is 1. The molecule has 1 fully saturated rings. The summed E-state index contributed by atoms with van der Waals surface area (Å²) >= 11 is 1.64. The van der Waals surface area contributed by atoms with Gasteiger partial charge < -0.3 is 15.0 Å². The van der Waals surface area contributed by atoms with Gasteiger partial charge >= 0.3 is 0 Å². The van der Waals surface area contributed by atoms with Crippen LogP contribution in [0.4, 0.5) is 10.8 Å². The molecular weight excluding hydrogens is 358 g/mol. The highest BCUT2D eigenvalue weighted by molar-refractivity contribution is 7.22. The van der Waals surface area contributed by atoms with E-state index in [-0.39, 0.29) is 11.8 Å². The summed E-state index contributed by atoms with van der Waals surface area (Å²) in [6, 6.07) is 14.0. The third kappa shape index (κ3) is 3.62. The zero-order valence-corrected chi connectivity index (χ0v) is 16.5. The molecule has 3 aromatic rings. The molecule has 0 radical (unpaired) electrons. The summed E-state index contributed by atoms with van der Waals surface area (Å²) in [6.07, 6.45) is 0. The number of carbonyl (C=O) groups is 1. The van der Waals surface area contributed by atoms with Crippen molar-refractivity contribution < 1.29 is 9.53 Å². The summed E-state index contributed by atoms with van der Waals surface area (Å²) in [5.74, 6) is 1.40. The van der Waals surface area contributed by atoms with Gasteiger partial charge in [0.05, 0.1) is 23.2 Å². The van der Waals surface area contributed by atoms with E-state index in [9.17, 15) is 4.79 Å². The third-order valence-electron chi connectivity index (χ3n) is 4.95. The molecule has 1 saturated heterocycles. The van der Waals surface area contributed by atoms with Crippen LogP contribution in [0.15, 0.2) is 42.5 Å². The lowest BCUT2D eigenvalue weighted by Crippen LogP contribution is -2.52. The van der Waals surface area contributed by atoms with E-state index in [4.69, 9.17) is 4.74 Å². The largest absolute Gasteiger partial charge is 0.497 e. The maximum atomic E-state index is 12.5. The number of hydrogen-bond donors (Lipinski definition) is 1. The van der Waals surface area contributed by atoms with Crippen molar-refractivity contribution >= 4 is 38.3 Å². The molecule has 1 amide bonds. The molecule has 0 aliphatic carbocycles. The van der Waals surface area contributed by atoms with Crippen LogP contribution in [0.5, 0.6) is 5.75 Å². The van der Waals surface area contributed by atoms with Crippen molar-refractivity contribution in [1.82, 2.24) is 4.98 Å². The number of hydrogen-bond acceptors (Lipinski definition) is 5. The van der Waals surface area contributed by atoms with Gasteiger partial charge in [0.25, 0.3) is 0 Å². The number of nitrogens with zero attached hydrogens (tertiary/aromatic N) is 2. The summed E-state index contributed by atoms with van der Waals surface area (Å²) in [5, 5.41) is 3.99. The molecule has 1 aliphatic rings. The molecular formula is C21H23N3O2S. The molecule has 0 saturated carbocycles. The Morgan fingerprint density at radius 2 is 1.96 bits per heavy atom. The number of methoxy groups -OCH3 is 1. The Morgan fingerprint density at radius 3 is 2.63 bits per heavy atom. The number of fused-ring (bicyclic) bond motifs is 1. The number of carbonyl (C=O) groups excluding carboxylic acids is 1. The van der Waals surface area contributed by atoms with Gasteiger partial charge in [-0.05, 0) is 41.8 Å². The van der Waals surface area contributed by atoms with Crippen LogP contribution in [0.1, 0.15) is 25.3 Å². The molecule has 27 heavy (non-hydrogen) atoms. The van der Waals surface area contributed by atoms with Crippen LogP contribution in [-0.4, -0.2) is 31.1 Å². The number of thiazole rings is 1. The van der Waals surface area contributed by atoms with Crippen LogP contribution in [0.2, 0.25) is 0 Å². The van der Waals surface area contributed by atoms with E-state index in [1.807, 2.05) is 30.3 Å². The van der Waals surface area contributed by atoms with Crippen molar-refractivity contribution in [3.63, 3.8) is 0 Å². The molecule has 0 spiro atoms. The Balaban J connectivity index is 1.36. The molecule has 0 bridgehead atoms. The van der Waals surface area contributed by atoms with Crippen molar-refractivity contribution in [2.24, 2.45) is 5.92 Å². The van der Waals surface area contributed by atoms with E-state index in [1.165, 1.54) is 5.56 Å². The highest BCUT2D eigenvalue weighted by atomic mass is 32.1. The lowest BCUT2D eigenvalue weighted by molar-refractivity contribution is -0.120. The zero-order valence-electron chi connectivity index (χ0n) is 15.7. The minimum Gasteiger partial charge on any atom is -0.497 e. The first-order valence-electron chi connectivity index (χ1n) is 9.14. The van der Waals surface area contributed by atoms with Gasteiger partial charge in [0.15, 0.2) is 5.13 Å². The SMILES string of the molecule is COc1ccc2nc(N3CC(C(=O)Nc4ccc(C(C)C)cc4)C3)sc2c1. The number of benzene rings is 2. The Bertz CT molecular complexity index is 959. The average Bonchev–Trinajstić information content (AvgIpc) is 3.03. The van der Waals surface area contributed by atoms with Crippen molar-refractivity contribution in [1.29, 1.82) is 0 Å². The van der Waals surface area contributed by atoms with Crippen LogP contribution in [-0.2, 0) is 4.79 Å². The van der Waals surface area contributed by atoms with E-state index in [1.54, 1.807) is 18.4 Å². The maximum Gasteiger partial charge on any atom is 0.231 e. The van der Waals surface area contributed by atoms with Crippen molar-refractivity contribution in [2.75, 3.05) is 30.4 Å². The predicted octanol–water partition coefficient (Wildman–Crippen LogP) is 4.50. The fraction of sp³-hybridized carbons (Fsp3) is 0.333. The van der Waals surface area contributed by atoms with Gasteiger partial charge in [-0.15, -0.1) is 0 Å². The molecule has 1 aliphatic heterocycles. The van der Waals surface area contributed by atoms with Crippen LogP contribution in [0.3, 0.4) is 0 Å². The summed E-state index contributed by atoms with van der Waals surface area (Å²) in [6.45, 7) is 5.73. The summed E-state index contributed by atoms with van der Waals surface area (Å²) in [7, 11) is 1.66. The Morgan fingerprint density at radius 1 is 1.22 bits per heavy atom. The summed E-state index contributed by atoms with van der Waals surface area (Å²) in [5.41, 5.74) is 3.10. The van der Waals surface area contributed by atoms with E-state index < -0.39 is 0 Å². The molecule has 1 N–H and O–H groups in total. The number of aromatic nitrogens is 1. The van der Waals surface area contributed by atoms with Gasteiger partial charge in [-0.3, -0.25) is 4.79 Å². The normalized spacial score (nSPS) is 14.4. The molecule has 140 valence electrons. The van der Waals surface area contributed by atoms with E-state index >= 15 is 0 Å². The Labute approximate surface area is 163 Å². The van der Waals surface area contributed by atoms with Gasteiger partial charge in [-0.25, -0.2) is 4.98 Å². The van der Waals surface area contributed by atoms with Crippen molar-refractivity contribution in [3.8, 4) is 5.75 Å². The highest BCUT2D eigenvalue weighted by Gasteiger charge is 2.34. The Kier molecular flexibility index (Phi) is 4.74. The van der Waals surface area contributed by atoms with Gasteiger partial charge in [0.2, 0.25) is 5.91 Å². The van der Waals surface area contributed by atoms with Gasteiger partial charge in [0, 0.05) is 18.8 Å². The molecule has 6 heteroatoms. The summed E-state index contributed by atoms with van der Waals surface area (Å²) in [4.78, 5) is 19.3. The first-order chi connectivity index (χ1) is 13.0. The average molecular weight is 382 g/mol. The van der Waals surface area contributed by atoms with Crippen molar-refractivity contribution in [3.05, 3.63) is 48.0 Å². The monoisotopic (exact) mass is 381 g/mol. The standard InChI is InChI=1S/C21H23N3O2S/c1-13(2)14-4-6-16(7-5-14)22-20(25)15-11-24(12-15)21-23-18-9-8-17(26-3)10-19(18)27-21/h4-10,13,15H,11-12H2,1-3H3,(H,22,25). The maximum absolute atomic E-state index is 12.5.